The Labute approximate surface area is 117 Å². The summed E-state index contributed by atoms with van der Waals surface area (Å²) >= 11 is 1.67. The highest BCUT2D eigenvalue weighted by Gasteiger charge is 2.27. The number of nitrogens with one attached hydrogen (secondary N) is 1. The molecular weight excluding hydrogens is 260 g/mol. The third-order valence-corrected chi connectivity index (χ3v) is 4.06. The SMILES string of the molecule is CN1CC(NC(=O)CCSc2ccccc2)CC1=O. The first-order valence-corrected chi connectivity index (χ1v) is 7.35. The van der Waals surface area contributed by atoms with Crippen LogP contribution in [-0.2, 0) is 9.59 Å². The molecule has 1 saturated heterocycles. The van der Waals surface area contributed by atoms with Gasteiger partial charge in [-0.15, -0.1) is 11.8 Å². The van der Waals surface area contributed by atoms with Crippen LogP contribution in [0.3, 0.4) is 0 Å². The second-order valence-electron chi connectivity index (χ2n) is 4.65. The number of nitrogens with zero attached hydrogens (tertiary/aromatic N) is 1. The van der Waals surface area contributed by atoms with Crippen molar-refractivity contribution in [3.8, 4) is 0 Å². The molecular formula is C14H18N2O2S. The van der Waals surface area contributed by atoms with Crippen LogP contribution in [0.4, 0.5) is 0 Å². The molecule has 0 aliphatic carbocycles. The molecule has 0 spiro atoms. The second-order valence-corrected chi connectivity index (χ2v) is 5.82. The quantitative estimate of drug-likeness (QED) is 0.831. The van der Waals surface area contributed by atoms with E-state index in [-0.39, 0.29) is 17.9 Å². The average Bonchev–Trinajstić information content (AvgIpc) is 2.69. The Kier molecular flexibility index (Phi) is 4.85. The number of likely N-dealkylation sites (N-methyl/N-ethyl adjacent to an activating group) is 1. The minimum absolute atomic E-state index is 0.0216. The van der Waals surface area contributed by atoms with Gasteiger partial charge in [0.25, 0.3) is 0 Å². The second kappa shape index (κ2) is 6.61. The van der Waals surface area contributed by atoms with Crippen molar-refractivity contribution in [3.63, 3.8) is 0 Å². The zero-order valence-electron chi connectivity index (χ0n) is 11.0. The molecule has 4 nitrogen and oxygen atoms in total. The minimum Gasteiger partial charge on any atom is -0.351 e. The summed E-state index contributed by atoms with van der Waals surface area (Å²) in [4.78, 5) is 25.9. The van der Waals surface area contributed by atoms with E-state index in [9.17, 15) is 9.59 Å². The topological polar surface area (TPSA) is 49.4 Å². The van der Waals surface area contributed by atoms with Crippen LogP contribution in [0, 0.1) is 0 Å². The largest absolute Gasteiger partial charge is 0.351 e. The van der Waals surface area contributed by atoms with Crippen molar-refractivity contribution in [2.24, 2.45) is 0 Å². The van der Waals surface area contributed by atoms with E-state index < -0.39 is 0 Å². The Morgan fingerprint density at radius 2 is 2.16 bits per heavy atom. The molecule has 1 heterocycles. The molecule has 1 aromatic rings. The van der Waals surface area contributed by atoms with Gasteiger partial charge < -0.3 is 10.2 Å². The highest BCUT2D eigenvalue weighted by molar-refractivity contribution is 7.99. The Bertz CT molecular complexity index is 450. The van der Waals surface area contributed by atoms with Crippen LogP contribution in [0.25, 0.3) is 0 Å². The summed E-state index contributed by atoms with van der Waals surface area (Å²) in [6.45, 7) is 0.621. The number of rotatable bonds is 5. The summed E-state index contributed by atoms with van der Waals surface area (Å²) < 4.78 is 0. The molecule has 1 aromatic carbocycles. The summed E-state index contributed by atoms with van der Waals surface area (Å²) in [6, 6.07) is 10.0. The van der Waals surface area contributed by atoms with Crippen LogP contribution >= 0.6 is 11.8 Å². The number of carbonyl (C=O) groups excluding carboxylic acids is 2. The molecule has 19 heavy (non-hydrogen) atoms. The van der Waals surface area contributed by atoms with Gasteiger partial charge in [-0.3, -0.25) is 9.59 Å². The molecule has 5 heteroatoms. The fraction of sp³-hybridized carbons (Fsp3) is 0.429. The van der Waals surface area contributed by atoms with Crippen LogP contribution in [0.15, 0.2) is 35.2 Å². The summed E-state index contributed by atoms with van der Waals surface area (Å²) in [7, 11) is 1.76. The van der Waals surface area contributed by atoms with Gasteiger partial charge in [-0.1, -0.05) is 18.2 Å². The van der Waals surface area contributed by atoms with Crippen molar-refractivity contribution in [2.45, 2.75) is 23.8 Å². The maximum absolute atomic E-state index is 11.7. The monoisotopic (exact) mass is 278 g/mol. The van der Waals surface area contributed by atoms with E-state index in [4.69, 9.17) is 0 Å². The third kappa shape index (κ3) is 4.28. The molecule has 1 atom stereocenters. The lowest BCUT2D eigenvalue weighted by atomic mass is 10.2. The number of benzene rings is 1. The Balaban J connectivity index is 1.67. The Hall–Kier alpha value is -1.49. The van der Waals surface area contributed by atoms with Gasteiger partial charge in [0.05, 0.1) is 6.04 Å². The van der Waals surface area contributed by atoms with Gasteiger partial charge >= 0.3 is 0 Å². The lowest BCUT2D eigenvalue weighted by molar-refractivity contribution is -0.126. The number of likely N-dealkylation sites (tertiary alicyclic amines) is 1. The highest BCUT2D eigenvalue weighted by Crippen LogP contribution is 2.17. The van der Waals surface area contributed by atoms with E-state index in [1.807, 2.05) is 30.3 Å². The van der Waals surface area contributed by atoms with Crippen molar-refractivity contribution >= 4 is 23.6 Å². The lowest BCUT2D eigenvalue weighted by Crippen LogP contribution is -2.36. The fourth-order valence-electron chi connectivity index (χ4n) is 2.04. The number of hydrogen-bond donors (Lipinski definition) is 1. The minimum atomic E-state index is -0.0216. The van der Waals surface area contributed by atoms with E-state index in [0.717, 1.165) is 5.75 Å². The maximum Gasteiger partial charge on any atom is 0.224 e. The first-order chi connectivity index (χ1) is 9.15. The molecule has 1 aliphatic heterocycles. The molecule has 1 fully saturated rings. The van der Waals surface area contributed by atoms with Gasteiger partial charge in [0.2, 0.25) is 11.8 Å². The Morgan fingerprint density at radius 1 is 1.42 bits per heavy atom. The van der Waals surface area contributed by atoms with Gasteiger partial charge in [0, 0.05) is 37.1 Å². The molecule has 1 aliphatic rings. The predicted octanol–water partition coefficient (Wildman–Crippen LogP) is 1.52. The van der Waals surface area contributed by atoms with Crippen molar-refractivity contribution < 1.29 is 9.59 Å². The summed E-state index contributed by atoms with van der Waals surface area (Å²) in [5.74, 6) is 0.882. The summed E-state index contributed by atoms with van der Waals surface area (Å²) in [5, 5.41) is 2.91. The average molecular weight is 278 g/mol. The zero-order valence-corrected chi connectivity index (χ0v) is 11.8. The van der Waals surface area contributed by atoms with E-state index in [1.54, 1.807) is 23.7 Å². The Morgan fingerprint density at radius 3 is 2.79 bits per heavy atom. The third-order valence-electron chi connectivity index (χ3n) is 3.05. The van der Waals surface area contributed by atoms with E-state index in [0.29, 0.717) is 19.4 Å². The molecule has 2 rings (SSSR count). The van der Waals surface area contributed by atoms with Gasteiger partial charge in [0.1, 0.15) is 0 Å². The lowest BCUT2D eigenvalue weighted by Gasteiger charge is -2.12. The maximum atomic E-state index is 11.7. The molecule has 1 unspecified atom stereocenters. The number of amides is 2. The van der Waals surface area contributed by atoms with Gasteiger partial charge in [-0.25, -0.2) is 0 Å². The molecule has 2 amide bonds. The molecule has 0 saturated carbocycles. The molecule has 0 radical (unpaired) electrons. The highest BCUT2D eigenvalue weighted by atomic mass is 32.2. The normalized spacial score (nSPS) is 18.7. The number of hydrogen-bond acceptors (Lipinski definition) is 3. The van der Waals surface area contributed by atoms with E-state index in [1.165, 1.54) is 4.90 Å². The van der Waals surface area contributed by atoms with Gasteiger partial charge in [-0.2, -0.15) is 0 Å². The van der Waals surface area contributed by atoms with Crippen molar-refractivity contribution in [3.05, 3.63) is 30.3 Å². The van der Waals surface area contributed by atoms with Crippen LogP contribution in [-0.4, -0.2) is 42.1 Å². The van der Waals surface area contributed by atoms with Gasteiger partial charge in [0.15, 0.2) is 0 Å². The van der Waals surface area contributed by atoms with Gasteiger partial charge in [-0.05, 0) is 12.1 Å². The van der Waals surface area contributed by atoms with Crippen molar-refractivity contribution in [1.29, 1.82) is 0 Å². The van der Waals surface area contributed by atoms with Crippen LogP contribution < -0.4 is 5.32 Å². The van der Waals surface area contributed by atoms with E-state index in [2.05, 4.69) is 5.32 Å². The summed E-state index contributed by atoms with van der Waals surface area (Å²) in [6.07, 6.45) is 0.905. The summed E-state index contributed by atoms with van der Waals surface area (Å²) in [5.41, 5.74) is 0. The van der Waals surface area contributed by atoms with Crippen molar-refractivity contribution in [1.82, 2.24) is 10.2 Å². The van der Waals surface area contributed by atoms with Crippen molar-refractivity contribution in [2.75, 3.05) is 19.3 Å². The number of carbonyl (C=O) groups is 2. The van der Waals surface area contributed by atoms with Crippen LogP contribution in [0.1, 0.15) is 12.8 Å². The first kappa shape index (κ1) is 13.9. The number of thioether (sulfide) groups is 1. The smallest absolute Gasteiger partial charge is 0.224 e. The zero-order chi connectivity index (χ0) is 13.7. The van der Waals surface area contributed by atoms with E-state index >= 15 is 0 Å². The van der Waals surface area contributed by atoms with Crippen LogP contribution in [0.5, 0.6) is 0 Å². The fourth-order valence-corrected chi connectivity index (χ4v) is 2.91. The van der Waals surface area contributed by atoms with Crippen LogP contribution in [0.2, 0.25) is 0 Å². The predicted molar refractivity (Wildman–Crippen MR) is 76.0 cm³/mol. The molecule has 0 aromatic heterocycles. The molecule has 1 N–H and O–H groups in total. The standard InChI is InChI=1S/C14H18N2O2S/c1-16-10-11(9-14(16)18)15-13(17)7-8-19-12-5-3-2-4-6-12/h2-6,11H,7-10H2,1H3,(H,15,17). The first-order valence-electron chi connectivity index (χ1n) is 6.36. The molecule has 102 valence electrons. The molecule has 0 bridgehead atoms.